The number of benzene rings is 1. The van der Waals surface area contributed by atoms with Crippen molar-refractivity contribution in [2.24, 2.45) is 0 Å². The van der Waals surface area contributed by atoms with Crippen LogP contribution >= 0.6 is 0 Å². The summed E-state index contributed by atoms with van der Waals surface area (Å²) in [6, 6.07) is 12.4. The zero-order chi connectivity index (χ0) is 12.4. The van der Waals surface area contributed by atoms with Crippen molar-refractivity contribution in [3.8, 4) is 0 Å². The lowest BCUT2D eigenvalue weighted by molar-refractivity contribution is 0.0787. The van der Waals surface area contributed by atoms with E-state index in [1.54, 1.807) is 0 Å². The Bertz CT molecular complexity index is 533. The predicted octanol–water partition coefficient (Wildman–Crippen LogP) is 2.19. The first-order valence-corrected chi connectivity index (χ1v) is 6.56. The number of para-hydroxylation sites is 1. The summed E-state index contributed by atoms with van der Waals surface area (Å²) in [7, 11) is 0. The van der Waals surface area contributed by atoms with E-state index in [-0.39, 0.29) is 6.10 Å². The molecule has 0 aliphatic carbocycles. The highest BCUT2D eigenvalue weighted by Crippen LogP contribution is 2.15. The van der Waals surface area contributed by atoms with Crippen molar-refractivity contribution in [2.75, 3.05) is 13.1 Å². The number of fused-ring (bicyclic) bond motifs is 1. The normalized spacial score (nSPS) is 18.3. The van der Waals surface area contributed by atoms with Crippen LogP contribution in [0.1, 0.15) is 18.5 Å². The number of pyridine rings is 1. The first-order valence-electron chi connectivity index (χ1n) is 6.56. The van der Waals surface area contributed by atoms with Crippen molar-refractivity contribution in [2.45, 2.75) is 25.5 Å². The van der Waals surface area contributed by atoms with Crippen LogP contribution in [0.25, 0.3) is 10.9 Å². The summed E-state index contributed by atoms with van der Waals surface area (Å²) in [5.74, 6) is 0. The molecule has 1 aromatic heterocycles. The first-order chi connectivity index (χ1) is 8.81. The van der Waals surface area contributed by atoms with E-state index in [0.717, 1.165) is 43.7 Å². The molecule has 0 amide bonds. The molecule has 0 unspecified atom stereocenters. The van der Waals surface area contributed by atoms with Crippen LogP contribution in [0, 0.1) is 0 Å². The molecule has 1 saturated heterocycles. The van der Waals surface area contributed by atoms with E-state index in [9.17, 15) is 5.11 Å². The summed E-state index contributed by atoms with van der Waals surface area (Å²) in [6.07, 6.45) is 1.66. The van der Waals surface area contributed by atoms with Crippen molar-refractivity contribution in [1.29, 1.82) is 0 Å². The minimum Gasteiger partial charge on any atom is -0.393 e. The van der Waals surface area contributed by atoms with E-state index in [2.05, 4.69) is 34.1 Å². The average molecular weight is 242 g/mol. The second-order valence-electron chi connectivity index (χ2n) is 5.00. The summed E-state index contributed by atoms with van der Waals surface area (Å²) in [6.45, 7) is 2.82. The van der Waals surface area contributed by atoms with Crippen LogP contribution in [0.3, 0.4) is 0 Å². The molecule has 1 fully saturated rings. The summed E-state index contributed by atoms with van der Waals surface area (Å²) >= 11 is 0. The molecule has 18 heavy (non-hydrogen) atoms. The van der Waals surface area contributed by atoms with Gasteiger partial charge in [-0.3, -0.25) is 9.88 Å². The molecule has 3 heteroatoms. The summed E-state index contributed by atoms with van der Waals surface area (Å²) in [5.41, 5.74) is 2.18. The summed E-state index contributed by atoms with van der Waals surface area (Å²) in [4.78, 5) is 7.05. The molecule has 0 bridgehead atoms. The van der Waals surface area contributed by atoms with Crippen LogP contribution in [0.15, 0.2) is 36.4 Å². The highest BCUT2D eigenvalue weighted by molar-refractivity contribution is 5.78. The molecule has 0 atom stereocenters. The Morgan fingerprint density at radius 1 is 1.11 bits per heavy atom. The van der Waals surface area contributed by atoms with Gasteiger partial charge in [-0.15, -0.1) is 0 Å². The van der Waals surface area contributed by atoms with Gasteiger partial charge in [0.05, 0.1) is 17.3 Å². The number of aliphatic hydroxyl groups excluding tert-OH is 1. The third-order valence-corrected chi connectivity index (χ3v) is 3.60. The lowest BCUT2D eigenvalue weighted by Crippen LogP contribution is -2.35. The van der Waals surface area contributed by atoms with Crippen LogP contribution in [-0.2, 0) is 6.54 Å². The average Bonchev–Trinajstić information content (AvgIpc) is 2.41. The smallest absolute Gasteiger partial charge is 0.0705 e. The number of hydrogen-bond donors (Lipinski definition) is 1. The van der Waals surface area contributed by atoms with Gasteiger partial charge in [0.25, 0.3) is 0 Å². The van der Waals surface area contributed by atoms with Gasteiger partial charge in [-0.1, -0.05) is 24.3 Å². The SMILES string of the molecule is OC1CCN(Cc2ccc3ccccc3n2)CC1. The van der Waals surface area contributed by atoms with Crippen molar-refractivity contribution in [1.82, 2.24) is 9.88 Å². The monoisotopic (exact) mass is 242 g/mol. The van der Waals surface area contributed by atoms with Gasteiger partial charge in [-0.25, -0.2) is 0 Å². The standard InChI is InChI=1S/C15H18N2O/c18-14-7-9-17(10-8-14)11-13-6-5-12-3-1-2-4-15(12)16-13/h1-6,14,18H,7-11H2. The molecular formula is C15H18N2O. The molecule has 2 heterocycles. The Morgan fingerprint density at radius 2 is 1.89 bits per heavy atom. The fourth-order valence-electron chi connectivity index (χ4n) is 2.50. The van der Waals surface area contributed by atoms with Gasteiger partial charge < -0.3 is 5.11 Å². The van der Waals surface area contributed by atoms with Crippen molar-refractivity contribution < 1.29 is 5.11 Å². The molecule has 0 radical (unpaired) electrons. The van der Waals surface area contributed by atoms with E-state index in [0.29, 0.717) is 0 Å². The van der Waals surface area contributed by atoms with Gasteiger partial charge in [0.1, 0.15) is 0 Å². The number of likely N-dealkylation sites (tertiary alicyclic amines) is 1. The second-order valence-corrected chi connectivity index (χ2v) is 5.00. The van der Waals surface area contributed by atoms with Gasteiger partial charge in [0.2, 0.25) is 0 Å². The van der Waals surface area contributed by atoms with E-state index in [1.165, 1.54) is 5.39 Å². The van der Waals surface area contributed by atoms with E-state index in [4.69, 9.17) is 0 Å². The highest BCUT2D eigenvalue weighted by Gasteiger charge is 2.17. The number of aromatic nitrogens is 1. The van der Waals surface area contributed by atoms with E-state index >= 15 is 0 Å². The topological polar surface area (TPSA) is 36.4 Å². The van der Waals surface area contributed by atoms with Crippen molar-refractivity contribution in [3.05, 3.63) is 42.1 Å². The Balaban J connectivity index is 1.74. The Labute approximate surface area is 107 Å². The van der Waals surface area contributed by atoms with Gasteiger partial charge >= 0.3 is 0 Å². The number of piperidine rings is 1. The predicted molar refractivity (Wildman–Crippen MR) is 72.3 cm³/mol. The molecule has 3 rings (SSSR count). The lowest BCUT2D eigenvalue weighted by Gasteiger charge is -2.29. The zero-order valence-corrected chi connectivity index (χ0v) is 10.4. The quantitative estimate of drug-likeness (QED) is 0.877. The maximum Gasteiger partial charge on any atom is 0.0705 e. The van der Waals surface area contributed by atoms with Gasteiger partial charge in [0, 0.05) is 25.0 Å². The van der Waals surface area contributed by atoms with Gasteiger partial charge in [0.15, 0.2) is 0 Å². The Hall–Kier alpha value is -1.45. The Morgan fingerprint density at radius 3 is 2.72 bits per heavy atom. The van der Waals surface area contributed by atoms with Gasteiger partial charge in [-0.2, -0.15) is 0 Å². The lowest BCUT2D eigenvalue weighted by atomic mass is 10.1. The number of aliphatic hydroxyl groups is 1. The molecular weight excluding hydrogens is 224 g/mol. The summed E-state index contributed by atoms with van der Waals surface area (Å²) < 4.78 is 0. The van der Waals surface area contributed by atoms with E-state index in [1.807, 2.05) is 12.1 Å². The van der Waals surface area contributed by atoms with Gasteiger partial charge in [-0.05, 0) is 25.0 Å². The fourth-order valence-corrected chi connectivity index (χ4v) is 2.50. The Kier molecular flexibility index (Phi) is 3.26. The third kappa shape index (κ3) is 2.52. The molecule has 1 aliphatic heterocycles. The summed E-state index contributed by atoms with van der Waals surface area (Å²) in [5, 5.41) is 10.7. The van der Waals surface area contributed by atoms with E-state index < -0.39 is 0 Å². The highest BCUT2D eigenvalue weighted by atomic mass is 16.3. The molecule has 3 nitrogen and oxygen atoms in total. The molecule has 0 saturated carbocycles. The largest absolute Gasteiger partial charge is 0.393 e. The molecule has 1 aromatic carbocycles. The van der Waals surface area contributed by atoms with Crippen molar-refractivity contribution >= 4 is 10.9 Å². The number of rotatable bonds is 2. The molecule has 1 aliphatic rings. The maximum absolute atomic E-state index is 9.49. The van der Waals surface area contributed by atoms with Crippen LogP contribution in [-0.4, -0.2) is 34.2 Å². The zero-order valence-electron chi connectivity index (χ0n) is 10.4. The molecule has 2 aromatic rings. The molecule has 0 spiro atoms. The number of hydrogen-bond acceptors (Lipinski definition) is 3. The maximum atomic E-state index is 9.49. The van der Waals surface area contributed by atoms with Crippen molar-refractivity contribution in [3.63, 3.8) is 0 Å². The molecule has 94 valence electrons. The minimum absolute atomic E-state index is 0.106. The minimum atomic E-state index is -0.106. The van der Waals surface area contributed by atoms with Crippen LogP contribution in [0.4, 0.5) is 0 Å². The van der Waals surface area contributed by atoms with Crippen LogP contribution in [0.5, 0.6) is 0 Å². The second kappa shape index (κ2) is 5.04. The first kappa shape index (κ1) is 11.6. The van der Waals surface area contributed by atoms with Crippen LogP contribution in [0.2, 0.25) is 0 Å². The van der Waals surface area contributed by atoms with Crippen LogP contribution < -0.4 is 0 Å². The third-order valence-electron chi connectivity index (χ3n) is 3.60. The molecule has 1 N–H and O–H groups in total. The number of nitrogens with zero attached hydrogens (tertiary/aromatic N) is 2. The fraction of sp³-hybridized carbons (Fsp3) is 0.400.